The molecular weight excluding hydrogens is 327 g/mol. The normalized spacial score (nSPS) is 11.8. The van der Waals surface area contributed by atoms with E-state index in [4.69, 9.17) is 0 Å². The lowest BCUT2D eigenvalue weighted by molar-refractivity contribution is 0.207. The van der Waals surface area contributed by atoms with Gasteiger partial charge in [-0.05, 0) is 23.3 Å². The van der Waals surface area contributed by atoms with Crippen LogP contribution in [-0.4, -0.2) is 34.5 Å². The van der Waals surface area contributed by atoms with Crippen LogP contribution in [0.15, 0.2) is 54.6 Å². The largest absolute Gasteiger partial charge is 0.337 e. The molecule has 6 heteroatoms. The highest BCUT2D eigenvalue weighted by Gasteiger charge is 2.09. The number of urea groups is 1. The molecule has 0 bridgehead atoms. The third kappa shape index (κ3) is 6.12. The average Bonchev–Trinajstić information content (AvgIpc) is 2.57. The minimum Gasteiger partial charge on any atom is -0.337 e. The first-order chi connectivity index (χ1) is 11.5. The summed E-state index contributed by atoms with van der Waals surface area (Å²) in [7, 11) is 0.650. The van der Waals surface area contributed by atoms with E-state index in [9.17, 15) is 13.4 Å². The highest BCUT2D eigenvalue weighted by atomic mass is 32.2. The van der Waals surface area contributed by atoms with Crippen LogP contribution in [0.4, 0.5) is 9.18 Å². The van der Waals surface area contributed by atoms with Gasteiger partial charge in [0.2, 0.25) is 0 Å². The lowest BCUT2D eigenvalue weighted by Crippen LogP contribution is -2.38. The second kappa shape index (κ2) is 9.17. The molecule has 0 saturated heterocycles. The van der Waals surface area contributed by atoms with Gasteiger partial charge in [-0.3, -0.25) is 4.21 Å². The topological polar surface area (TPSA) is 49.4 Å². The zero-order valence-electron chi connectivity index (χ0n) is 13.6. The van der Waals surface area contributed by atoms with Gasteiger partial charge in [0.25, 0.3) is 0 Å². The van der Waals surface area contributed by atoms with Gasteiger partial charge in [-0.15, -0.1) is 0 Å². The van der Waals surface area contributed by atoms with Crippen LogP contribution in [0.1, 0.15) is 11.1 Å². The Morgan fingerprint density at radius 3 is 2.42 bits per heavy atom. The first kappa shape index (κ1) is 18.1. The minimum absolute atomic E-state index is 0.240. The van der Waals surface area contributed by atoms with Gasteiger partial charge in [0.1, 0.15) is 5.82 Å². The fourth-order valence-corrected chi connectivity index (χ4v) is 3.21. The summed E-state index contributed by atoms with van der Waals surface area (Å²) in [6, 6.07) is 15.4. The summed E-state index contributed by atoms with van der Waals surface area (Å²) in [6.45, 7) is 0.741. The maximum absolute atomic E-state index is 12.9. The first-order valence-electron chi connectivity index (χ1n) is 7.67. The molecule has 4 nitrogen and oxygen atoms in total. The van der Waals surface area contributed by atoms with Crippen molar-refractivity contribution in [3.63, 3.8) is 0 Å². The van der Waals surface area contributed by atoms with Gasteiger partial charge in [-0.25, -0.2) is 9.18 Å². The summed E-state index contributed by atoms with van der Waals surface area (Å²) in [5.74, 6) is 0.597. The van der Waals surface area contributed by atoms with Gasteiger partial charge in [0.05, 0.1) is 0 Å². The molecule has 2 rings (SSSR count). The van der Waals surface area contributed by atoms with Crippen LogP contribution in [0.25, 0.3) is 0 Å². The molecule has 24 heavy (non-hydrogen) atoms. The number of carbonyl (C=O) groups excluding carboxylic acids is 1. The minimum atomic E-state index is -1.02. The molecule has 0 spiro atoms. The summed E-state index contributed by atoms with van der Waals surface area (Å²) >= 11 is 0. The molecule has 0 aliphatic carbocycles. The zero-order valence-corrected chi connectivity index (χ0v) is 14.4. The van der Waals surface area contributed by atoms with Crippen LogP contribution in [0, 0.1) is 5.82 Å². The summed E-state index contributed by atoms with van der Waals surface area (Å²) in [6.07, 6.45) is 0. The van der Waals surface area contributed by atoms with E-state index in [0.29, 0.717) is 24.6 Å². The monoisotopic (exact) mass is 348 g/mol. The number of benzene rings is 2. The molecule has 0 radical (unpaired) electrons. The average molecular weight is 348 g/mol. The van der Waals surface area contributed by atoms with Crippen molar-refractivity contribution >= 4 is 16.8 Å². The van der Waals surface area contributed by atoms with Crippen molar-refractivity contribution in [2.24, 2.45) is 0 Å². The zero-order chi connectivity index (χ0) is 17.4. The molecule has 0 aromatic heterocycles. The van der Waals surface area contributed by atoms with E-state index >= 15 is 0 Å². The van der Waals surface area contributed by atoms with E-state index in [-0.39, 0.29) is 11.8 Å². The Hall–Kier alpha value is -2.21. The van der Waals surface area contributed by atoms with Gasteiger partial charge in [0, 0.05) is 42.4 Å². The fourth-order valence-electron chi connectivity index (χ4n) is 2.17. The Morgan fingerprint density at radius 1 is 1.08 bits per heavy atom. The highest BCUT2D eigenvalue weighted by molar-refractivity contribution is 7.84. The summed E-state index contributed by atoms with van der Waals surface area (Å²) in [5.41, 5.74) is 1.87. The molecule has 0 fully saturated rings. The smallest absolute Gasteiger partial charge is 0.317 e. The summed E-state index contributed by atoms with van der Waals surface area (Å²) in [5, 5.41) is 2.75. The maximum Gasteiger partial charge on any atom is 0.317 e. The maximum atomic E-state index is 12.9. The van der Waals surface area contributed by atoms with E-state index in [0.717, 1.165) is 11.1 Å². The molecule has 0 saturated carbocycles. The Labute approximate surface area is 144 Å². The van der Waals surface area contributed by atoms with Gasteiger partial charge >= 0.3 is 6.03 Å². The Morgan fingerprint density at radius 2 is 1.75 bits per heavy atom. The predicted octanol–water partition coefficient (Wildman–Crippen LogP) is 2.92. The second-order valence-electron chi connectivity index (χ2n) is 5.49. The number of halogens is 1. The number of nitrogens with one attached hydrogen (secondary N) is 1. The lowest BCUT2D eigenvalue weighted by Gasteiger charge is -2.18. The highest BCUT2D eigenvalue weighted by Crippen LogP contribution is 2.06. The number of carbonyl (C=O) groups is 1. The summed E-state index contributed by atoms with van der Waals surface area (Å²) in [4.78, 5) is 13.5. The van der Waals surface area contributed by atoms with Crippen LogP contribution in [0.5, 0.6) is 0 Å². The number of hydrogen-bond donors (Lipinski definition) is 1. The van der Waals surface area contributed by atoms with E-state index in [1.165, 1.54) is 17.0 Å². The molecule has 0 unspecified atom stereocenters. The molecule has 0 aliphatic rings. The van der Waals surface area contributed by atoms with Gasteiger partial charge < -0.3 is 10.2 Å². The van der Waals surface area contributed by atoms with Crippen molar-refractivity contribution in [3.05, 3.63) is 71.5 Å². The summed E-state index contributed by atoms with van der Waals surface area (Å²) < 4.78 is 24.9. The standard InChI is InChI=1S/C18H21FN2O2S/c1-21(13-15-7-9-17(19)10-8-15)18(22)20-11-12-24(23)14-16-5-3-2-4-6-16/h2-10H,11-14H2,1H3,(H,20,22)/t24-/m1/s1. The SMILES string of the molecule is CN(Cc1ccc(F)cc1)C(=O)NCC[S@@](=O)Cc1ccccc1. The van der Waals surface area contributed by atoms with E-state index < -0.39 is 10.8 Å². The van der Waals surface area contributed by atoms with Crippen molar-refractivity contribution in [2.45, 2.75) is 12.3 Å². The molecule has 0 aliphatic heterocycles. The van der Waals surface area contributed by atoms with Crippen molar-refractivity contribution in [2.75, 3.05) is 19.3 Å². The quantitative estimate of drug-likeness (QED) is 0.836. The third-order valence-corrected chi connectivity index (χ3v) is 4.77. The lowest BCUT2D eigenvalue weighted by atomic mass is 10.2. The van der Waals surface area contributed by atoms with Crippen LogP contribution < -0.4 is 5.32 Å². The van der Waals surface area contributed by atoms with E-state index in [1.54, 1.807) is 19.2 Å². The molecule has 0 heterocycles. The number of hydrogen-bond acceptors (Lipinski definition) is 2. The Balaban J connectivity index is 1.70. The molecule has 1 atom stereocenters. The number of nitrogens with zero attached hydrogens (tertiary/aromatic N) is 1. The molecule has 2 aromatic rings. The van der Waals surface area contributed by atoms with Gasteiger partial charge in [-0.2, -0.15) is 0 Å². The van der Waals surface area contributed by atoms with Crippen LogP contribution in [0.2, 0.25) is 0 Å². The van der Waals surface area contributed by atoms with E-state index in [2.05, 4.69) is 5.32 Å². The Bertz CT molecular complexity index is 677. The second-order valence-corrected chi connectivity index (χ2v) is 7.06. The Kier molecular flexibility index (Phi) is 6.93. The molecule has 2 aromatic carbocycles. The van der Waals surface area contributed by atoms with Gasteiger partial charge in [-0.1, -0.05) is 42.5 Å². The van der Waals surface area contributed by atoms with Crippen LogP contribution in [0.3, 0.4) is 0 Å². The molecule has 128 valence electrons. The van der Waals surface area contributed by atoms with Crippen molar-refractivity contribution < 1.29 is 13.4 Å². The van der Waals surface area contributed by atoms with Crippen molar-refractivity contribution in [1.82, 2.24) is 10.2 Å². The van der Waals surface area contributed by atoms with Gasteiger partial charge in [0.15, 0.2) is 0 Å². The number of rotatable bonds is 7. The van der Waals surface area contributed by atoms with Crippen LogP contribution >= 0.6 is 0 Å². The first-order valence-corrected chi connectivity index (χ1v) is 9.15. The fraction of sp³-hybridized carbons (Fsp3) is 0.278. The predicted molar refractivity (Wildman–Crippen MR) is 94.4 cm³/mol. The third-order valence-electron chi connectivity index (χ3n) is 3.46. The molecular formula is C18H21FN2O2S. The molecule has 1 N–H and O–H groups in total. The van der Waals surface area contributed by atoms with Crippen molar-refractivity contribution in [3.8, 4) is 0 Å². The number of amides is 2. The van der Waals surface area contributed by atoms with Crippen molar-refractivity contribution in [1.29, 1.82) is 0 Å². The molecule has 2 amide bonds. The van der Waals surface area contributed by atoms with E-state index in [1.807, 2.05) is 30.3 Å². The van der Waals surface area contributed by atoms with Crippen LogP contribution in [-0.2, 0) is 23.1 Å².